The number of nitrogens with zero attached hydrogens (tertiary/aromatic N) is 2. The summed E-state index contributed by atoms with van der Waals surface area (Å²) in [5, 5.41) is 0. The Hall–Kier alpha value is -2.41. The maximum absolute atomic E-state index is 12.8. The molecule has 3 rings (SSSR count). The number of hydrogen-bond acceptors (Lipinski definition) is 5. The van der Waals surface area contributed by atoms with Crippen LogP contribution in [0.25, 0.3) is 11.1 Å². The molecule has 1 saturated heterocycles. The Morgan fingerprint density at radius 3 is 2.46 bits per heavy atom. The molecule has 0 radical (unpaired) electrons. The molecule has 0 aliphatic carbocycles. The average molecular weight is 373 g/mol. The van der Waals surface area contributed by atoms with Gasteiger partial charge in [0.1, 0.15) is 5.82 Å². The summed E-state index contributed by atoms with van der Waals surface area (Å²) in [6.07, 6.45) is 0.510. The minimum atomic E-state index is -3.03. The van der Waals surface area contributed by atoms with Crippen molar-refractivity contribution in [2.24, 2.45) is 0 Å². The van der Waals surface area contributed by atoms with Gasteiger partial charge in [-0.3, -0.25) is 4.79 Å². The number of nitrogens with two attached hydrogens (primary N) is 1. The van der Waals surface area contributed by atoms with Gasteiger partial charge in [-0.25, -0.2) is 13.4 Å². The summed E-state index contributed by atoms with van der Waals surface area (Å²) in [4.78, 5) is 18.8. The van der Waals surface area contributed by atoms with Gasteiger partial charge in [0, 0.05) is 29.4 Å². The number of aryl methyl sites for hydroxylation is 1. The van der Waals surface area contributed by atoms with Crippen LogP contribution in [0.5, 0.6) is 0 Å². The van der Waals surface area contributed by atoms with Gasteiger partial charge in [-0.2, -0.15) is 0 Å². The summed E-state index contributed by atoms with van der Waals surface area (Å²) in [5.41, 5.74) is 9.00. The van der Waals surface area contributed by atoms with Gasteiger partial charge in [-0.05, 0) is 50.1 Å². The van der Waals surface area contributed by atoms with Crippen LogP contribution in [0.3, 0.4) is 0 Å². The molecular weight excluding hydrogens is 350 g/mol. The third-order valence-electron chi connectivity index (χ3n) is 4.80. The number of aromatic nitrogens is 1. The molecule has 26 heavy (non-hydrogen) atoms. The Kier molecular flexibility index (Phi) is 5.00. The van der Waals surface area contributed by atoms with Gasteiger partial charge in [0.05, 0.1) is 11.5 Å². The van der Waals surface area contributed by atoms with Crippen LogP contribution in [0.1, 0.15) is 29.4 Å². The molecule has 0 saturated carbocycles. The van der Waals surface area contributed by atoms with Crippen LogP contribution in [0.15, 0.2) is 36.4 Å². The lowest BCUT2D eigenvalue weighted by Gasteiger charge is -2.27. The number of anilines is 1. The lowest BCUT2D eigenvalue weighted by atomic mass is 10.0. The average Bonchev–Trinajstić information content (AvgIpc) is 2.95. The molecule has 138 valence electrons. The van der Waals surface area contributed by atoms with Gasteiger partial charge in [0.2, 0.25) is 0 Å². The molecular formula is C19H23N3O3S. The van der Waals surface area contributed by atoms with E-state index in [0.29, 0.717) is 24.3 Å². The first-order valence-electron chi connectivity index (χ1n) is 8.65. The highest BCUT2D eigenvalue weighted by Crippen LogP contribution is 2.25. The van der Waals surface area contributed by atoms with Crippen LogP contribution in [0.4, 0.5) is 5.82 Å². The summed E-state index contributed by atoms with van der Waals surface area (Å²) in [6, 6.07) is 10.7. The molecule has 0 spiro atoms. The van der Waals surface area contributed by atoms with Gasteiger partial charge in [-0.1, -0.05) is 12.1 Å². The van der Waals surface area contributed by atoms with Crippen LogP contribution < -0.4 is 5.73 Å². The SMILES string of the molecule is CCN(C(=O)c1ccc(-c2ccc(N)nc2C)cc1)[C@H]1CCS(=O)(=O)C1. The first-order valence-corrected chi connectivity index (χ1v) is 10.5. The third-order valence-corrected chi connectivity index (χ3v) is 6.55. The number of hydrogen-bond donors (Lipinski definition) is 1. The Bertz CT molecular complexity index is 924. The maximum Gasteiger partial charge on any atom is 0.254 e. The Morgan fingerprint density at radius 2 is 1.92 bits per heavy atom. The summed E-state index contributed by atoms with van der Waals surface area (Å²) < 4.78 is 23.5. The topological polar surface area (TPSA) is 93.4 Å². The summed E-state index contributed by atoms with van der Waals surface area (Å²) >= 11 is 0. The molecule has 1 aliphatic heterocycles. The molecule has 1 aliphatic rings. The number of pyridine rings is 1. The zero-order chi connectivity index (χ0) is 18.9. The van der Waals surface area contributed by atoms with Gasteiger partial charge in [0.15, 0.2) is 9.84 Å². The maximum atomic E-state index is 12.8. The van der Waals surface area contributed by atoms with E-state index in [1.807, 2.05) is 32.0 Å². The fourth-order valence-electron chi connectivity index (χ4n) is 3.43. The second-order valence-corrected chi connectivity index (χ2v) is 8.82. The molecule has 2 N–H and O–H groups in total. The van der Waals surface area contributed by atoms with Crippen molar-refractivity contribution in [3.8, 4) is 11.1 Å². The van der Waals surface area contributed by atoms with Crippen LogP contribution in [0.2, 0.25) is 0 Å². The van der Waals surface area contributed by atoms with E-state index in [1.165, 1.54) is 0 Å². The highest BCUT2D eigenvalue weighted by atomic mass is 32.2. The van der Waals surface area contributed by atoms with Gasteiger partial charge in [0.25, 0.3) is 5.91 Å². The van der Waals surface area contributed by atoms with Crippen molar-refractivity contribution in [3.05, 3.63) is 47.7 Å². The lowest BCUT2D eigenvalue weighted by Crippen LogP contribution is -2.40. The monoisotopic (exact) mass is 373 g/mol. The van der Waals surface area contributed by atoms with E-state index >= 15 is 0 Å². The second-order valence-electron chi connectivity index (χ2n) is 6.59. The van der Waals surface area contributed by atoms with Crippen molar-refractivity contribution in [3.63, 3.8) is 0 Å². The molecule has 6 nitrogen and oxygen atoms in total. The normalized spacial score (nSPS) is 18.6. The Balaban J connectivity index is 1.82. The first-order chi connectivity index (χ1) is 12.3. The summed E-state index contributed by atoms with van der Waals surface area (Å²) in [6.45, 7) is 4.26. The number of carbonyl (C=O) groups excluding carboxylic acids is 1. The smallest absolute Gasteiger partial charge is 0.254 e. The first kappa shape index (κ1) is 18.4. The summed E-state index contributed by atoms with van der Waals surface area (Å²) in [5.74, 6) is 0.557. The van der Waals surface area contributed by atoms with Crippen molar-refractivity contribution in [1.29, 1.82) is 0 Å². The third kappa shape index (κ3) is 3.72. The van der Waals surface area contributed by atoms with E-state index in [9.17, 15) is 13.2 Å². The predicted molar refractivity (Wildman–Crippen MR) is 103 cm³/mol. The Labute approximate surface area is 154 Å². The molecule has 2 heterocycles. The van der Waals surface area contributed by atoms with Crippen molar-refractivity contribution >= 4 is 21.6 Å². The highest BCUT2D eigenvalue weighted by Gasteiger charge is 2.34. The van der Waals surface area contributed by atoms with Gasteiger partial charge < -0.3 is 10.6 Å². The van der Waals surface area contributed by atoms with E-state index in [-0.39, 0.29) is 23.5 Å². The van der Waals surface area contributed by atoms with Crippen molar-refractivity contribution < 1.29 is 13.2 Å². The zero-order valence-corrected chi connectivity index (χ0v) is 15.8. The highest BCUT2D eigenvalue weighted by molar-refractivity contribution is 7.91. The zero-order valence-electron chi connectivity index (χ0n) is 15.0. The fraction of sp³-hybridized carbons (Fsp3) is 0.368. The van der Waals surface area contributed by atoms with Crippen LogP contribution in [0, 0.1) is 6.92 Å². The Morgan fingerprint density at radius 1 is 1.23 bits per heavy atom. The number of nitrogen functional groups attached to an aromatic ring is 1. The molecule has 1 amide bonds. The number of amides is 1. The summed E-state index contributed by atoms with van der Waals surface area (Å²) in [7, 11) is -3.03. The van der Waals surface area contributed by atoms with Crippen LogP contribution in [-0.2, 0) is 9.84 Å². The van der Waals surface area contributed by atoms with Gasteiger partial charge in [-0.15, -0.1) is 0 Å². The molecule has 1 atom stereocenters. The largest absolute Gasteiger partial charge is 0.384 e. The minimum absolute atomic E-state index is 0.0565. The van der Waals surface area contributed by atoms with E-state index in [1.54, 1.807) is 23.1 Å². The molecule has 1 aromatic carbocycles. The van der Waals surface area contributed by atoms with Crippen LogP contribution >= 0.6 is 0 Å². The van der Waals surface area contributed by atoms with E-state index in [4.69, 9.17) is 5.73 Å². The van der Waals surface area contributed by atoms with E-state index < -0.39 is 9.84 Å². The number of carbonyl (C=O) groups is 1. The van der Waals surface area contributed by atoms with Gasteiger partial charge >= 0.3 is 0 Å². The van der Waals surface area contributed by atoms with Crippen molar-refractivity contribution in [1.82, 2.24) is 9.88 Å². The predicted octanol–water partition coefficient (Wildman–Crippen LogP) is 2.29. The number of benzene rings is 1. The van der Waals surface area contributed by atoms with Crippen molar-refractivity contribution in [2.45, 2.75) is 26.3 Å². The standard InChI is InChI=1S/C19H23N3O3S/c1-3-22(16-10-11-26(24,25)12-16)19(23)15-6-4-14(5-7-15)17-8-9-18(20)21-13(17)2/h4-9,16H,3,10-12H2,1-2H3,(H2,20,21)/t16-/m0/s1. The lowest BCUT2D eigenvalue weighted by molar-refractivity contribution is 0.0708. The van der Waals surface area contributed by atoms with Crippen molar-refractivity contribution in [2.75, 3.05) is 23.8 Å². The quantitative estimate of drug-likeness (QED) is 0.887. The van der Waals surface area contributed by atoms with E-state index in [2.05, 4.69) is 4.98 Å². The van der Waals surface area contributed by atoms with Crippen LogP contribution in [-0.4, -0.2) is 48.3 Å². The molecule has 0 bridgehead atoms. The number of sulfone groups is 1. The molecule has 2 aromatic rings. The molecule has 7 heteroatoms. The molecule has 0 unspecified atom stereocenters. The molecule has 1 fully saturated rings. The number of rotatable bonds is 4. The second kappa shape index (κ2) is 7.07. The fourth-order valence-corrected chi connectivity index (χ4v) is 5.16. The van der Waals surface area contributed by atoms with E-state index in [0.717, 1.165) is 16.8 Å². The minimum Gasteiger partial charge on any atom is -0.384 e. The molecule has 1 aromatic heterocycles.